The molecule has 0 unspecified atom stereocenters. The first-order chi connectivity index (χ1) is 9.15. The summed E-state index contributed by atoms with van der Waals surface area (Å²) in [5, 5.41) is 13.9. The van der Waals surface area contributed by atoms with Crippen molar-refractivity contribution in [1.82, 2.24) is 0 Å². The Balaban J connectivity index is 0.000000399. The van der Waals surface area contributed by atoms with Crippen molar-refractivity contribution in [2.45, 2.75) is 19.8 Å². The second kappa shape index (κ2) is 7.93. The van der Waals surface area contributed by atoms with Gasteiger partial charge in [0.15, 0.2) is 0 Å². The first kappa shape index (κ1) is 14.8. The van der Waals surface area contributed by atoms with E-state index in [0.717, 1.165) is 6.42 Å². The highest BCUT2D eigenvalue weighted by molar-refractivity contribution is 5.67. The molecular formula is C16H18O3. The quantitative estimate of drug-likeness (QED) is 0.850. The summed E-state index contributed by atoms with van der Waals surface area (Å²) in [6.07, 6.45) is 0.523. The van der Waals surface area contributed by atoms with Crippen LogP contribution in [-0.4, -0.2) is 16.4 Å². The van der Waals surface area contributed by atoms with Crippen LogP contribution < -0.4 is 0 Å². The molecule has 2 rings (SSSR count). The van der Waals surface area contributed by atoms with Gasteiger partial charge >= 0.3 is 6.16 Å². The molecule has 0 amide bonds. The van der Waals surface area contributed by atoms with Crippen LogP contribution in [0.25, 0.3) is 11.1 Å². The molecular weight excluding hydrogens is 240 g/mol. The number of hydrogen-bond acceptors (Lipinski definition) is 1. The third kappa shape index (κ3) is 5.25. The van der Waals surface area contributed by atoms with Gasteiger partial charge in [-0.15, -0.1) is 0 Å². The fourth-order valence-corrected chi connectivity index (χ4v) is 1.91. The van der Waals surface area contributed by atoms with Crippen molar-refractivity contribution in [2.75, 3.05) is 0 Å². The second-order valence-corrected chi connectivity index (χ2v) is 4.06. The van der Waals surface area contributed by atoms with Gasteiger partial charge < -0.3 is 10.2 Å². The van der Waals surface area contributed by atoms with Gasteiger partial charge in [0.1, 0.15) is 0 Å². The third-order valence-electron chi connectivity index (χ3n) is 2.62. The van der Waals surface area contributed by atoms with Gasteiger partial charge in [0, 0.05) is 0 Å². The summed E-state index contributed by atoms with van der Waals surface area (Å²) in [5.74, 6) is 0. The average Bonchev–Trinajstić information content (AvgIpc) is 2.40. The Labute approximate surface area is 113 Å². The lowest BCUT2D eigenvalue weighted by Gasteiger charge is -2.08. The lowest BCUT2D eigenvalue weighted by atomic mass is 9.97. The highest BCUT2D eigenvalue weighted by Gasteiger charge is 2.02. The van der Waals surface area contributed by atoms with Crippen molar-refractivity contribution in [3.63, 3.8) is 0 Å². The summed E-state index contributed by atoms with van der Waals surface area (Å²) < 4.78 is 0. The normalized spacial score (nSPS) is 9.32. The lowest BCUT2D eigenvalue weighted by Crippen LogP contribution is -1.88. The van der Waals surface area contributed by atoms with Gasteiger partial charge in [0.05, 0.1) is 0 Å². The van der Waals surface area contributed by atoms with Gasteiger partial charge in [-0.3, -0.25) is 0 Å². The number of aryl methyl sites for hydroxylation is 1. The third-order valence-corrected chi connectivity index (χ3v) is 2.62. The molecule has 0 aromatic heterocycles. The van der Waals surface area contributed by atoms with Gasteiger partial charge in [0.2, 0.25) is 0 Å². The van der Waals surface area contributed by atoms with Crippen LogP contribution in [-0.2, 0) is 6.42 Å². The van der Waals surface area contributed by atoms with E-state index in [2.05, 4.69) is 61.5 Å². The minimum atomic E-state index is -1.83. The summed E-state index contributed by atoms with van der Waals surface area (Å²) >= 11 is 0. The van der Waals surface area contributed by atoms with Crippen LogP contribution in [0.5, 0.6) is 0 Å². The maximum Gasteiger partial charge on any atom is 0.503 e. The standard InChI is InChI=1S/C15H16.CH2O3/c1-2-8-13-11-6-7-12-15(13)14-9-4-3-5-10-14;2-1(3)4/h3-7,9-12H,2,8H2,1H3;(H2,2,3,4). The van der Waals surface area contributed by atoms with E-state index in [1.54, 1.807) is 0 Å². The van der Waals surface area contributed by atoms with Crippen molar-refractivity contribution in [1.29, 1.82) is 0 Å². The highest BCUT2D eigenvalue weighted by Crippen LogP contribution is 2.24. The Morgan fingerprint density at radius 2 is 1.47 bits per heavy atom. The molecule has 0 aliphatic rings. The van der Waals surface area contributed by atoms with Crippen LogP contribution in [0.15, 0.2) is 54.6 Å². The number of hydrogen-bond donors (Lipinski definition) is 2. The fourth-order valence-electron chi connectivity index (χ4n) is 1.91. The molecule has 2 aromatic carbocycles. The fraction of sp³-hybridized carbons (Fsp3) is 0.188. The van der Waals surface area contributed by atoms with E-state index >= 15 is 0 Å². The molecule has 0 radical (unpaired) electrons. The smallest absolute Gasteiger partial charge is 0.450 e. The zero-order chi connectivity index (χ0) is 14.1. The molecule has 0 spiro atoms. The van der Waals surface area contributed by atoms with E-state index < -0.39 is 6.16 Å². The predicted octanol–water partition coefficient (Wildman–Crippen LogP) is 4.53. The monoisotopic (exact) mass is 258 g/mol. The molecule has 19 heavy (non-hydrogen) atoms. The van der Waals surface area contributed by atoms with Crippen LogP contribution >= 0.6 is 0 Å². The van der Waals surface area contributed by atoms with Crippen molar-refractivity contribution in [3.05, 3.63) is 60.2 Å². The molecule has 0 aliphatic heterocycles. The van der Waals surface area contributed by atoms with E-state index in [1.165, 1.54) is 23.1 Å². The van der Waals surface area contributed by atoms with E-state index in [4.69, 9.17) is 15.0 Å². The van der Waals surface area contributed by atoms with Gasteiger partial charge in [0.25, 0.3) is 0 Å². The van der Waals surface area contributed by atoms with Crippen molar-refractivity contribution in [3.8, 4) is 11.1 Å². The Morgan fingerprint density at radius 1 is 0.947 bits per heavy atom. The highest BCUT2D eigenvalue weighted by atomic mass is 16.6. The summed E-state index contributed by atoms with van der Waals surface area (Å²) in [5.41, 5.74) is 4.15. The average molecular weight is 258 g/mol. The van der Waals surface area contributed by atoms with E-state index in [9.17, 15) is 0 Å². The SMILES string of the molecule is CCCc1ccccc1-c1ccccc1.O=C(O)O. The number of rotatable bonds is 3. The van der Waals surface area contributed by atoms with Crippen LogP contribution in [0, 0.1) is 0 Å². The maximum absolute atomic E-state index is 8.56. The van der Waals surface area contributed by atoms with Crippen molar-refractivity contribution >= 4 is 6.16 Å². The van der Waals surface area contributed by atoms with Gasteiger partial charge in [-0.1, -0.05) is 67.9 Å². The number of carboxylic acid groups (broad SMARTS) is 2. The minimum absolute atomic E-state index is 1.16. The van der Waals surface area contributed by atoms with Gasteiger partial charge in [-0.25, -0.2) is 4.79 Å². The minimum Gasteiger partial charge on any atom is -0.450 e. The Morgan fingerprint density at radius 3 is 2.05 bits per heavy atom. The molecule has 0 heterocycles. The Hall–Kier alpha value is -2.29. The number of carbonyl (C=O) groups is 1. The molecule has 0 saturated heterocycles. The Bertz CT molecular complexity index is 502. The van der Waals surface area contributed by atoms with Crippen molar-refractivity contribution < 1.29 is 15.0 Å². The van der Waals surface area contributed by atoms with E-state index in [1.807, 2.05) is 0 Å². The molecule has 2 N–H and O–H groups in total. The molecule has 2 aromatic rings. The first-order valence-electron chi connectivity index (χ1n) is 6.20. The van der Waals surface area contributed by atoms with Crippen molar-refractivity contribution in [2.24, 2.45) is 0 Å². The summed E-state index contributed by atoms with van der Waals surface area (Å²) in [6, 6.07) is 19.3. The van der Waals surface area contributed by atoms with Crippen LogP contribution in [0.2, 0.25) is 0 Å². The molecule has 0 bridgehead atoms. The van der Waals surface area contributed by atoms with E-state index in [0.29, 0.717) is 0 Å². The Kier molecular flexibility index (Phi) is 6.16. The molecule has 0 atom stereocenters. The summed E-state index contributed by atoms with van der Waals surface area (Å²) in [6.45, 7) is 2.22. The lowest BCUT2D eigenvalue weighted by molar-refractivity contribution is 0.137. The van der Waals surface area contributed by atoms with E-state index in [-0.39, 0.29) is 0 Å². The predicted molar refractivity (Wildman–Crippen MR) is 76.5 cm³/mol. The second-order valence-electron chi connectivity index (χ2n) is 4.06. The van der Waals surface area contributed by atoms with Crippen LogP contribution in [0.1, 0.15) is 18.9 Å². The van der Waals surface area contributed by atoms with Gasteiger partial charge in [-0.05, 0) is 23.1 Å². The molecule has 100 valence electrons. The zero-order valence-corrected chi connectivity index (χ0v) is 10.9. The molecule has 0 saturated carbocycles. The maximum atomic E-state index is 8.56. The summed E-state index contributed by atoms with van der Waals surface area (Å²) in [4.78, 5) is 8.56. The topological polar surface area (TPSA) is 57.5 Å². The first-order valence-corrected chi connectivity index (χ1v) is 6.20. The molecule has 3 nitrogen and oxygen atoms in total. The summed E-state index contributed by atoms with van der Waals surface area (Å²) in [7, 11) is 0. The molecule has 3 heteroatoms. The molecule has 0 fully saturated rings. The zero-order valence-electron chi connectivity index (χ0n) is 10.9. The largest absolute Gasteiger partial charge is 0.503 e. The number of benzene rings is 2. The van der Waals surface area contributed by atoms with Crippen LogP contribution in [0.3, 0.4) is 0 Å². The molecule has 0 aliphatic carbocycles. The van der Waals surface area contributed by atoms with Gasteiger partial charge in [-0.2, -0.15) is 0 Å². The van der Waals surface area contributed by atoms with Crippen LogP contribution in [0.4, 0.5) is 4.79 Å².